The van der Waals surface area contributed by atoms with Gasteiger partial charge < -0.3 is 10.1 Å². The maximum Gasteiger partial charge on any atom is 0.278 e. The van der Waals surface area contributed by atoms with Gasteiger partial charge in [0.2, 0.25) is 0 Å². The Kier molecular flexibility index (Phi) is 5.69. The number of aromatic nitrogens is 1. The minimum Gasteiger partial charge on any atom is -0.383 e. The second kappa shape index (κ2) is 8.55. The first-order chi connectivity index (χ1) is 14.1. The highest BCUT2D eigenvalue weighted by Crippen LogP contribution is 2.32. The van der Waals surface area contributed by atoms with Crippen molar-refractivity contribution in [1.29, 1.82) is 0 Å². The van der Waals surface area contributed by atoms with Crippen LogP contribution in [0.25, 0.3) is 10.8 Å². The van der Waals surface area contributed by atoms with Crippen LogP contribution in [0.4, 0.5) is 11.4 Å². The maximum atomic E-state index is 11.4. The second-order valence-corrected chi connectivity index (χ2v) is 7.27. The molecule has 1 fully saturated rings. The average Bonchev–Trinajstić information content (AvgIpc) is 2.75. The highest BCUT2D eigenvalue weighted by molar-refractivity contribution is 5.99. The number of nitrogens with zero attached hydrogens (tertiary/aromatic N) is 3. The van der Waals surface area contributed by atoms with E-state index in [1.807, 2.05) is 6.07 Å². The van der Waals surface area contributed by atoms with Gasteiger partial charge in [-0.3, -0.25) is 20.0 Å². The van der Waals surface area contributed by atoms with Crippen LogP contribution < -0.4 is 5.32 Å². The van der Waals surface area contributed by atoms with E-state index in [0.717, 1.165) is 37.4 Å². The third-order valence-corrected chi connectivity index (χ3v) is 5.43. The molecule has 2 aromatic carbocycles. The van der Waals surface area contributed by atoms with E-state index < -0.39 is 0 Å². The predicted molar refractivity (Wildman–Crippen MR) is 113 cm³/mol. The fraction of sp³-hybridized carbons (Fsp3) is 0.318. The van der Waals surface area contributed by atoms with E-state index in [-0.39, 0.29) is 16.7 Å². The monoisotopic (exact) mass is 392 g/mol. The summed E-state index contributed by atoms with van der Waals surface area (Å²) in [6.07, 6.45) is 3.22. The van der Waals surface area contributed by atoms with Gasteiger partial charge in [0.15, 0.2) is 0 Å². The molecule has 1 saturated heterocycles. The van der Waals surface area contributed by atoms with Crippen LogP contribution in [0.15, 0.2) is 54.9 Å². The Morgan fingerprint density at radius 1 is 1.14 bits per heavy atom. The van der Waals surface area contributed by atoms with E-state index in [9.17, 15) is 10.1 Å². The lowest BCUT2D eigenvalue weighted by Gasteiger charge is -2.35. The number of ether oxygens (including phenoxy) is 1. The van der Waals surface area contributed by atoms with Crippen LogP contribution in [0.3, 0.4) is 0 Å². The number of nitro benzene ring substituents is 1. The second-order valence-electron chi connectivity index (χ2n) is 7.27. The van der Waals surface area contributed by atoms with Gasteiger partial charge in [0.05, 0.1) is 29.6 Å². The molecule has 1 aliphatic heterocycles. The first kappa shape index (κ1) is 19.3. The average molecular weight is 392 g/mol. The number of benzene rings is 2. The van der Waals surface area contributed by atoms with Gasteiger partial charge >= 0.3 is 0 Å². The van der Waals surface area contributed by atoms with Crippen LogP contribution in [0.5, 0.6) is 0 Å². The molecule has 1 unspecified atom stereocenters. The van der Waals surface area contributed by atoms with Crippen molar-refractivity contribution in [2.75, 3.05) is 38.2 Å². The summed E-state index contributed by atoms with van der Waals surface area (Å²) >= 11 is 0. The molecule has 3 aromatic rings. The fourth-order valence-corrected chi connectivity index (χ4v) is 3.83. The molecule has 2 heterocycles. The standard InChI is InChI=1S/C22H24N4O3/c1-16-2-4-17(5-3-16)22(25-10-12-29-13-11-25)15-24-20-6-7-21(26(27)28)19-14-23-9-8-18(19)20/h2-9,14,22,24H,10-13,15H2,1H3. The summed E-state index contributed by atoms with van der Waals surface area (Å²) in [7, 11) is 0. The number of morpholine rings is 1. The lowest BCUT2D eigenvalue weighted by Crippen LogP contribution is -2.41. The fourth-order valence-electron chi connectivity index (χ4n) is 3.83. The van der Waals surface area contributed by atoms with Crippen LogP contribution in [-0.2, 0) is 4.74 Å². The van der Waals surface area contributed by atoms with Crippen molar-refractivity contribution in [3.05, 3.63) is 76.1 Å². The smallest absolute Gasteiger partial charge is 0.278 e. The summed E-state index contributed by atoms with van der Waals surface area (Å²) in [5.41, 5.74) is 3.43. The SMILES string of the molecule is Cc1ccc(C(CNc2ccc([N+](=O)[O-])c3cnccc23)N2CCOCC2)cc1. The van der Waals surface area contributed by atoms with Gasteiger partial charge in [-0.1, -0.05) is 29.8 Å². The maximum absolute atomic E-state index is 11.4. The van der Waals surface area contributed by atoms with E-state index in [4.69, 9.17) is 4.74 Å². The number of hydrogen-bond donors (Lipinski definition) is 1. The molecule has 29 heavy (non-hydrogen) atoms. The topological polar surface area (TPSA) is 80.5 Å². The Morgan fingerprint density at radius 2 is 1.90 bits per heavy atom. The van der Waals surface area contributed by atoms with Gasteiger partial charge in [-0.2, -0.15) is 0 Å². The number of aryl methyl sites for hydroxylation is 1. The number of anilines is 1. The van der Waals surface area contributed by atoms with Crippen LogP contribution in [0.2, 0.25) is 0 Å². The molecule has 0 saturated carbocycles. The van der Waals surface area contributed by atoms with Crippen LogP contribution >= 0.6 is 0 Å². The number of fused-ring (bicyclic) bond motifs is 1. The molecule has 1 atom stereocenters. The first-order valence-corrected chi connectivity index (χ1v) is 9.77. The van der Waals surface area contributed by atoms with Crippen LogP contribution in [0, 0.1) is 17.0 Å². The quantitative estimate of drug-likeness (QED) is 0.506. The van der Waals surface area contributed by atoms with E-state index in [1.165, 1.54) is 11.1 Å². The summed E-state index contributed by atoms with van der Waals surface area (Å²) in [6.45, 7) is 6.00. The Morgan fingerprint density at radius 3 is 2.62 bits per heavy atom. The van der Waals surface area contributed by atoms with Gasteiger partial charge in [0, 0.05) is 49.2 Å². The highest BCUT2D eigenvalue weighted by Gasteiger charge is 2.23. The van der Waals surface area contributed by atoms with Crippen molar-refractivity contribution in [2.24, 2.45) is 0 Å². The van der Waals surface area contributed by atoms with Gasteiger partial charge in [0.25, 0.3) is 5.69 Å². The lowest BCUT2D eigenvalue weighted by atomic mass is 10.0. The zero-order valence-electron chi connectivity index (χ0n) is 16.4. The normalized spacial score (nSPS) is 15.9. The molecule has 4 rings (SSSR count). The van der Waals surface area contributed by atoms with Crippen molar-refractivity contribution >= 4 is 22.1 Å². The van der Waals surface area contributed by atoms with E-state index in [1.54, 1.807) is 24.5 Å². The summed E-state index contributed by atoms with van der Waals surface area (Å²) < 4.78 is 5.53. The van der Waals surface area contributed by atoms with E-state index in [2.05, 4.69) is 46.4 Å². The number of nitro groups is 1. The summed E-state index contributed by atoms with van der Waals surface area (Å²) in [5, 5.41) is 16.2. The number of rotatable bonds is 6. The molecule has 150 valence electrons. The minimum absolute atomic E-state index is 0.0712. The van der Waals surface area contributed by atoms with Crippen molar-refractivity contribution in [3.63, 3.8) is 0 Å². The Balaban J connectivity index is 1.63. The van der Waals surface area contributed by atoms with Gasteiger partial charge in [-0.05, 0) is 24.6 Å². The molecule has 7 nitrogen and oxygen atoms in total. The van der Waals surface area contributed by atoms with Gasteiger partial charge in [-0.25, -0.2) is 0 Å². The third kappa shape index (κ3) is 4.21. The molecule has 0 bridgehead atoms. The molecule has 0 spiro atoms. The molecule has 1 N–H and O–H groups in total. The molecule has 0 aliphatic carbocycles. The Labute approximate surface area is 169 Å². The number of pyridine rings is 1. The lowest BCUT2D eigenvalue weighted by molar-refractivity contribution is -0.383. The van der Waals surface area contributed by atoms with Crippen LogP contribution in [-0.4, -0.2) is 47.7 Å². The molecule has 1 aromatic heterocycles. The van der Waals surface area contributed by atoms with E-state index >= 15 is 0 Å². The Bertz CT molecular complexity index is 1000. The molecular formula is C22H24N4O3. The molecule has 7 heteroatoms. The number of non-ortho nitro benzene ring substituents is 1. The highest BCUT2D eigenvalue weighted by atomic mass is 16.6. The predicted octanol–water partition coefficient (Wildman–Crippen LogP) is 3.94. The number of hydrogen-bond acceptors (Lipinski definition) is 6. The first-order valence-electron chi connectivity index (χ1n) is 9.77. The number of nitrogens with one attached hydrogen (secondary N) is 1. The van der Waals surface area contributed by atoms with Crippen LogP contribution in [0.1, 0.15) is 17.2 Å². The summed E-state index contributed by atoms with van der Waals surface area (Å²) in [5.74, 6) is 0. The summed E-state index contributed by atoms with van der Waals surface area (Å²) in [6, 6.07) is 14.0. The zero-order chi connectivity index (χ0) is 20.2. The summed E-state index contributed by atoms with van der Waals surface area (Å²) in [4.78, 5) is 17.5. The molecule has 0 amide bonds. The van der Waals surface area contributed by atoms with Crippen molar-refractivity contribution < 1.29 is 9.66 Å². The third-order valence-electron chi connectivity index (χ3n) is 5.43. The van der Waals surface area contributed by atoms with E-state index in [0.29, 0.717) is 11.9 Å². The van der Waals surface area contributed by atoms with Gasteiger partial charge in [-0.15, -0.1) is 0 Å². The van der Waals surface area contributed by atoms with Crippen molar-refractivity contribution in [3.8, 4) is 0 Å². The van der Waals surface area contributed by atoms with Gasteiger partial charge in [0.1, 0.15) is 0 Å². The molecule has 1 aliphatic rings. The van der Waals surface area contributed by atoms with Crippen molar-refractivity contribution in [1.82, 2.24) is 9.88 Å². The van der Waals surface area contributed by atoms with Crippen molar-refractivity contribution in [2.45, 2.75) is 13.0 Å². The Hall–Kier alpha value is -3.03. The zero-order valence-corrected chi connectivity index (χ0v) is 16.4. The molecular weight excluding hydrogens is 368 g/mol. The minimum atomic E-state index is -0.364. The largest absolute Gasteiger partial charge is 0.383 e. The molecule has 0 radical (unpaired) electrons.